The fourth-order valence-electron chi connectivity index (χ4n) is 1.66. The molecule has 0 aliphatic carbocycles. The highest BCUT2D eigenvalue weighted by Crippen LogP contribution is 2.13. The molecular formula is C14H21NO4S. The van der Waals surface area contributed by atoms with Crippen LogP contribution in [-0.2, 0) is 14.8 Å². The predicted octanol–water partition coefficient (Wildman–Crippen LogP) is 1.98. The van der Waals surface area contributed by atoms with Crippen molar-refractivity contribution < 1.29 is 17.9 Å². The van der Waals surface area contributed by atoms with Gasteiger partial charge in [0.25, 0.3) is 0 Å². The van der Waals surface area contributed by atoms with Crippen LogP contribution in [0.15, 0.2) is 29.2 Å². The van der Waals surface area contributed by atoms with Gasteiger partial charge in [0.15, 0.2) is 5.78 Å². The van der Waals surface area contributed by atoms with Crippen molar-refractivity contribution in [3.8, 4) is 0 Å². The summed E-state index contributed by atoms with van der Waals surface area (Å²) in [7, 11) is -3.60. The van der Waals surface area contributed by atoms with Gasteiger partial charge in [0.05, 0.1) is 10.5 Å². The SMILES string of the molecule is CCOC(C)(C)CNS(=O)(=O)c1ccc(C(C)=O)cc1. The second kappa shape index (κ2) is 6.47. The van der Waals surface area contributed by atoms with Crippen LogP contribution in [0.4, 0.5) is 0 Å². The van der Waals surface area contributed by atoms with Crippen LogP contribution in [0.3, 0.4) is 0 Å². The molecule has 0 aliphatic rings. The molecule has 0 saturated heterocycles. The molecule has 112 valence electrons. The molecule has 0 unspecified atom stereocenters. The molecule has 0 fully saturated rings. The van der Waals surface area contributed by atoms with Crippen molar-refractivity contribution in [1.82, 2.24) is 4.72 Å². The number of benzene rings is 1. The van der Waals surface area contributed by atoms with E-state index in [1.165, 1.54) is 31.2 Å². The minimum absolute atomic E-state index is 0.0978. The molecule has 0 heterocycles. The molecule has 1 aromatic rings. The minimum Gasteiger partial charge on any atom is -0.375 e. The molecular weight excluding hydrogens is 278 g/mol. The van der Waals surface area contributed by atoms with Crippen molar-refractivity contribution in [2.24, 2.45) is 0 Å². The highest BCUT2D eigenvalue weighted by atomic mass is 32.2. The Balaban J connectivity index is 2.81. The molecule has 0 atom stereocenters. The maximum atomic E-state index is 12.1. The molecule has 0 aromatic heterocycles. The summed E-state index contributed by atoms with van der Waals surface area (Å²) in [6.45, 7) is 7.62. The molecule has 6 heteroatoms. The summed E-state index contributed by atoms with van der Waals surface area (Å²) in [5, 5.41) is 0. The van der Waals surface area contributed by atoms with E-state index in [1.807, 2.05) is 20.8 Å². The summed E-state index contributed by atoms with van der Waals surface area (Å²) in [6, 6.07) is 5.86. The molecule has 5 nitrogen and oxygen atoms in total. The lowest BCUT2D eigenvalue weighted by molar-refractivity contribution is -0.00515. The lowest BCUT2D eigenvalue weighted by Crippen LogP contribution is -2.40. The van der Waals surface area contributed by atoms with Crippen LogP contribution in [0.2, 0.25) is 0 Å². The lowest BCUT2D eigenvalue weighted by atomic mass is 10.1. The quantitative estimate of drug-likeness (QED) is 0.781. The fraction of sp³-hybridized carbons (Fsp3) is 0.500. The Morgan fingerprint density at radius 1 is 1.25 bits per heavy atom. The predicted molar refractivity (Wildman–Crippen MR) is 77.3 cm³/mol. The van der Waals surface area contributed by atoms with Gasteiger partial charge in [-0.3, -0.25) is 4.79 Å². The average molecular weight is 299 g/mol. The first-order chi connectivity index (χ1) is 9.18. The summed E-state index contributed by atoms with van der Waals surface area (Å²) < 4.78 is 32.2. The first kappa shape index (κ1) is 16.8. The number of Topliss-reactive ketones (excluding diaryl/α,β-unsaturated/α-hetero) is 1. The standard InChI is InChI=1S/C14H21NO4S/c1-5-19-14(3,4)10-15-20(17,18)13-8-6-12(7-9-13)11(2)16/h6-9,15H,5,10H2,1-4H3. The zero-order valence-corrected chi connectivity index (χ0v) is 13.1. The molecule has 0 amide bonds. The van der Waals surface area contributed by atoms with Gasteiger partial charge in [0.2, 0.25) is 10.0 Å². The van der Waals surface area contributed by atoms with Crippen molar-refractivity contribution in [2.45, 2.75) is 38.2 Å². The molecule has 1 aromatic carbocycles. The van der Waals surface area contributed by atoms with Crippen LogP contribution >= 0.6 is 0 Å². The summed E-state index contributed by atoms with van der Waals surface area (Å²) >= 11 is 0. The van der Waals surface area contributed by atoms with Crippen molar-refractivity contribution in [3.05, 3.63) is 29.8 Å². The number of hydrogen-bond donors (Lipinski definition) is 1. The Morgan fingerprint density at radius 2 is 1.80 bits per heavy atom. The number of carbonyl (C=O) groups is 1. The van der Waals surface area contributed by atoms with Gasteiger partial charge < -0.3 is 4.74 Å². The number of carbonyl (C=O) groups excluding carboxylic acids is 1. The second-order valence-corrected chi connectivity index (χ2v) is 6.86. The number of hydrogen-bond acceptors (Lipinski definition) is 4. The van der Waals surface area contributed by atoms with Gasteiger partial charge in [-0.2, -0.15) is 0 Å². The minimum atomic E-state index is -3.60. The molecule has 0 saturated carbocycles. The summed E-state index contributed by atoms with van der Waals surface area (Å²) in [5.74, 6) is -0.0978. The normalized spacial score (nSPS) is 12.4. The Hall–Kier alpha value is -1.24. The zero-order chi connectivity index (χ0) is 15.4. The van der Waals surface area contributed by atoms with Gasteiger partial charge in [0.1, 0.15) is 0 Å². The Labute approximate surface area is 120 Å². The number of rotatable bonds is 7. The van der Waals surface area contributed by atoms with Gasteiger partial charge in [-0.15, -0.1) is 0 Å². The first-order valence-corrected chi connectivity index (χ1v) is 7.91. The maximum absolute atomic E-state index is 12.1. The molecule has 20 heavy (non-hydrogen) atoms. The average Bonchev–Trinajstić information content (AvgIpc) is 2.37. The van der Waals surface area contributed by atoms with Crippen molar-refractivity contribution in [1.29, 1.82) is 0 Å². The molecule has 1 rings (SSSR count). The second-order valence-electron chi connectivity index (χ2n) is 5.10. The van der Waals surface area contributed by atoms with Crippen LogP contribution in [0.25, 0.3) is 0 Å². The lowest BCUT2D eigenvalue weighted by Gasteiger charge is -2.24. The number of sulfonamides is 1. The third kappa shape index (κ3) is 4.70. The van der Waals surface area contributed by atoms with E-state index in [9.17, 15) is 13.2 Å². The van der Waals surface area contributed by atoms with E-state index >= 15 is 0 Å². The first-order valence-electron chi connectivity index (χ1n) is 6.42. The van der Waals surface area contributed by atoms with Crippen LogP contribution in [0.5, 0.6) is 0 Å². The van der Waals surface area contributed by atoms with E-state index in [0.717, 1.165) is 0 Å². The monoisotopic (exact) mass is 299 g/mol. The van der Waals surface area contributed by atoms with E-state index in [2.05, 4.69) is 4.72 Å². The third-order valence-corrected chi connectivity index (χ3v) is 4.21. The van der Waals surface area contributed by atoms with Crippen molar-refractivity contribution in [2.75, 3.05) is 13.2 Å². The van der Waals surface area contributed by atoms with Gasteiger partial charge in [-0.05, 0) is 39.8 Å². The largest absolute Gasteiger partial charge is 0.375 e. The number of nitrogens with one attached hydrogen (secondary N) is 1. The molecule has 1 N–H and O–H groups in total. The Morgan fingerprint density at radius 3 is 2.25 bits per heavy atom. The van der Waals surface area contributed by atoms with Crippen LogP contribution < -0.4 is 4.72 Å². The smallest absolute Gasteiger partial charge is 0.240 e. The number of ether oxygens (including phenoxy) is 1. The van der Waals surface area contributed by atoms with Crippen LogP contribution in [0.1, 0.15) is 38.1 Å². The van der Waals surface area contributed by atoms with E-state index in [1.54, 1.807) is 0 Å². The highest BCUT2D eigenvalue weighted by Gasteiger charge is 2.22. The summed E-state index contributed by atoms with van der Waals surface area (Å²) in [5.41, 5.74) is -0.0835. The fourth-order valence-corrected chi connectivity index (χ4v) is 2.86. The van der Waals surface area contributed by atoms with Crippen molar-refractivity contribution in [3.63, 3.8) is 0 Å². The number of ketones is 1. The summed E-state index contributed by atoms with van der Waals surface area (Å²) in [4.78, 5) is 11.3. The molecule has 0 bridgehead atoms. The third-order valence-electron chi connectivity index (χ3n) is 2.79. The van der Waals surface area contributed by atoms with Crippen molar-refractivity contribution >= 4 is 15.8 Å². The van der Waals surface area contributed by atoms with E-state index in [-0.39, 0.29) is 17.2 Å². The van der Waals surface area contributed by atoms with E-state index in [0.29, 0.717) is 12.2 Å². The van der Waals surface area contributed by atoms with Gasteiger partial charge >= 0.3 is 0 Å². The van der Waals surface area contributed by atoms with Crippen LogP contribution in [-0.4, -0.2) is 33.0 Å². The zero-order valence-electron chi connectivity index (χ0n) is 12.3. The Bertz CT molecular complexity index is 561. The van der Waals surface area contributed by atoms with Crippen LogP contribution in [0, 0.1) is 0 Å². The molecule has 0 spiro atoms. The molecule has 0 aliphatic heterocycles. The Kier molecular flexibility index (Phi) is 5.44. The highest BCUT2D eigenvalue weighted by molar-refractivity contribution is 7.89. The van der Waals surface area contributed by atoms with Gasteiger partial charge in [-0.25, -0.2) is 13.1 Å². The van der Waals surface area contributed by atoms with Gasteiger partial charge in [-0.1, -0.05) is 12.1 Å². The van der Waals surface area contributed by atoms with E-state index < -0.39 is 15.6 Å². The summed E-state index contributed by atoms with van der Waals surface area (Å²) in [6.07, 6.45) is 0. The topological polar surface area (TPSA) is 72.5 Å². The van der Waals surface area contributed by atoms with Gasteiger partial charge in [0, 0.05) is 18.7 Å². The van der Waals surface area contributed by atoms with E-state index in [4.69, 9.17) is 4.74 Å². The molecule has 0 radical (unpaired) electrons. The maximum Gasteiger partial charge on any atom is 0.240 e.